The Morgan fingerprint density at radius 3 is 1.01 bits per heavy atom. The highest BCUT2D eigenvalue weighted by Crippen LogP contribution is 2.42. The van der Waals surface area contributed by atoms with E-state index in [9.17, 15) is 27.6 Å². The van der Waals surface area contributed by atoms with Crippen LogP contribution >= 0.6 is 34.8 Å². The van der Waals surface area contributed by atoms with E-state index in [0.717, 1.165) is 87.8 Å². The van der Waals surface area contributed by atoms with Gasteiger partial charge in [-0.15, -0.1) is 0 Å². The highest BCUT2D eigenvalue weighted by Gasteiger charge is 2.35. The maximum Gasteiger partial charge on any atom is 0.346 e. The minimum atomic E-state index is -0.496. The molecule has 3 N–H and O–H groups in total. The third-order valence-corrected chi connectivity index (χ3v) is 21.7. The first-order valence-corrected chi connectivity index (χ1v) is 38.4. The van der Waals surface area contributed by atoms with Crippen LogP contribution in [0.3, 0.4) is 0 Å². The lowest BCUT2D eigenvalue weighted by molar-refractivity contribution is 0.0369. The average Bonchev–Trinajstić information content (AvgIpc) is 1.52. The molecule has 6 aromatic carbocycles. The number of anilines is 6. The third-order valence-electron chi connectivity index (χ3n) is 20.8. The van der Waals surface area contributed by atoms with Crippen LogP contribution < -0.4 is 44.4 Å². The summed E-state index contributed by atoms with van der Waals surface area (Å²) in [6, 6.07) is 24.5. The number of ether oxygens (including phenoxy) is 8. The van der Waals surface area contributed by atoms with Crippen LogP contribution in [0, 0.1) is 17.5 Å². The molecular weight excluding hydrogens is 1530 g/mol. The molecule has 3 aliphatic carbocycles. The Kier molecular flexibility index (Phi) is 26.5. The van der Waals surface area contributed by atoms with Crippen molar-refractivity contribution in [3.63, 3.8) is 0 Å². The van der Waals surface area contributed by atoms with E-state index >= 15 is 0 Å². The van der Waals surface area contributed by atoms with Crippen molar-refractivity contribution in [3.05, 3.63) is 155 Å². The van der Waals surface area contributed by atoms with Crippen molar-refractivity contribution in [3.8, 4) is 34.5 Å². The van der Waals surface area contributed by atoms with Crippen LogP contribution in [0.2, 0.25) is 15.1 Å². The Morgan fingerprint density at radius 2 is 0.726 bits per heavy atom. The van der Waals surface area contributed by atoms with Gasteiger partial charge in [0.05, 0.1) is 97.7 Å². The normalized spacial score (nSPS) is 19.0. The minimum absolute atomic E-state index is 0.0123. The molecular formula is C79H87Cl3F3N17O11. The van der Waals surface area contributed by atoms with E-state index in [1.807, 2.05) is 64.0 Å². The number of morpholine rings is 2. The number of hydrogen-bond acceptors (Lipinski definition) is 22. The van der Waals surface area contributed by atoms with Crippen LogP contribution in [0.15, 0.2) is 123 Å². The van der Waals surface area contributed by atoms with E-state index < -0.39 is 17.5 Å². The zero-order chi connectivity index (χ0) is 79.2. The topological polar surface area (TPSA) is 285 Å². The van der Waals surface area contributed by atoms with Gasteiger partial charge >= 0.3 is 18.1 Å². The van der Waals surface area contributed by atoms with Crippen molar-refractivity contribution in [2.24, 2.45) is 0 Å². The molecule has 15 rings (SSSR count). The van der Waals surface area contributed by atoms with Crippen molar-refractivity contribution in [1.82, 2.24) is 69.2 Å². The number of aromatic nitrogens is 9. The number of hydrogen-bond donors (Lipinski definition) is 3. The quantitative estimate of drug-likeness (QED) is 0.0719. The highest BCUT2D eigenvalue weighted by atomic mass is 35.5. The van der Waals surface area contributed by atoms with Gasteiger partial charge in [-0.05, 0) is 150 Å². The number of carbonyl (C=O) groups is 3. The van der Waals surface area contributed by atoms with Gasteiger partial charge in [-0.1, -0.05) is 34.8 Å². The average molecular weight is 1610 g/mol. The van der Waals surface area contributed by atoms with Gasteiger partial charge in [0, 0.05) is 117 Å². The number of nitrogens with zero attached hydrogens (tertiary/aromatic N) is 14. The molecule has 4 aromatic heterocycles. The summed E-state index contributed by atoms with van der Waals surface area (Å²) in [7, 11) is 10.3. The van der Waals surface area contributed by atoms with Gasteiger partial charge in [0.1, 0.15) is 66.5 Å². The highest BCUT2D eigenvalue weighted by molar-refractivity contribution is 6.31. The second-order valence-electron chi connectivity index (χ2n) is 27.9. The molecule has 0 bridgehead atoms. The van der Waals surface area contributed by atoms with Crippen LogP contribution in [0.5, 0.6) is 34.5 Å². The molecule has 6 heterocycles. The molecule has 28 nitrogen and oxygen atoms in total. The lowest BCUT2D eigenvalue weighted by Gasteiger charge is -2.38. The van der Waals surface area contributed by atoms with Gasteiger partial charge in [-0.25, -0.2) is 62.4 Å². The zero-order valence-electron chi connectivity index (χ0n) is 63.2. The number of halogens is 6. The zero-order valence-corrected chi connectivity index (χ0v) is 65.4. The Bertz CT molecular complexity index is 4780. The molecule has 2 aliphatic heterocycles. The summed E-state index contributed by atoms with van der Waals surface area (Å²) in [5, 5.41) is 15.7. The molecule has 113 heavy (non-hydrogen) atoms. The number of rotatable bonds is 18. The Balaban J connectivity index is 0.000000148. The van der Waals surface area contributed by atoms with E-state index in [0.29, 0.717) is 144 Å². The Morgan fingerprint density at radius 1 is 0.416 bits per heavy atom. The first-order valence-electron chi connectivity index (χ1n) is 37.2. The summed E-state index contributed by atoms with van der Waals surface area (Å²) in [5.74, 6) is 3.60. The summed E-state index contributed by atoms with van der Waals surface area (Å²) in [5.41, 5.74) is 3.80. The van der Waals surface area contributed by atoms with E-state index in [2.05, 4.69) is 55.9 Å². The molecule has 0 spiro atoms. The second kappa shape index (κ2) is 37.3. The smallest absolute Gasteiger partial charge is 0.346 e. The molecule has 596 valence electrons. The summed E-state index contributed by atoms with van der Waals surface area (Å²) in [4.78, 5) is 77.6. The largest absolute Gasteiger partial charge is 0.493 e. The van der Waals surface area contributed by atoms with E-state index in [1.165, 1.54) is 72.7 Å². The molecule has 10 aromatic rings. The Hall–Kier alpha value is -10.7. The fraction of sp³-hybridized carbons (Fsp3) is 0.405. The Labute approximate surface area is 665 Å². The van der Waals surface area contributed by atoms with Crippen molar-refractivity contribution in [2.75, 3.05) is 111 Å². The lowest BCUT2D eigenvalue weighted by atomic mass is 9.92. The van der Waals surface area contributed by atoms with Crippen LogP contribution in [0.4, 0.5) is 62.1 Å². The molecule has 3 saturated carbocycles. The molecule has 5 amide bonds. The maximum atomic E-state index is 13.6. The second-order valence-corrected chi connectivity index (χ2v) is 29.1. The SMILES string of the molecule is COc1cc2ncnc(Nc3ccc(F)c(Cl)c3)c2cc1OC1CCC(N(C)C(=O)N2CCOCC2)CC1.COc1cc2ncnc(Nc3ccc(F)c(Cl)c3)c2cc1OC1CCC(N(C)C(=O)N2CCOCC2)CC1.COc1cc2ncnc(Nc3ccc(F)c(Cl)c3)c2cc1OC1CCC(N(C)C(=O)n2cncn2)CC1. The number of fused-ring (bicyclic) bond motifs is 3. The molecule has 2 saturated heterocycles. The van der Waals surface area contributed by atoms with Crippen LogP contribution in [0.25, 0.3) is 32.7 Å². The van der Waals surface area contributed by atoms with Gasteiger partial charge in [0.15, 0.2) is 34.5 Å². The molecule has 0 atom stereocenters. The fourth-order valence-corrected chi connectivity index (χ4v) is 15.0. The number of nitrogens with one attached hydrogen (secondary N) is 3. The van der Waals surface area contributed by atoms with Crippen LogP contribution in [-0.2, 0) is 9.47 Å². The van der Waals surface area contributed by atoms with E-state index in [1.54, 1.807) is 57.5 Å². The van der Waals surface area contributed by atoms with Gasteiger partial charge in [0.25, 0.3) is 0 Å². The van der Waals surface area contributed by atoms with Crippen LogP contribution in [0.1, 0.15) is 77.0 Å². The van der Waals surface area contributed by atoms with Gasteiger partial charge in [0.2, 0.25) is 0 Å². The predicted molar refractivity (Wildman–Crippen MR) is 422 cm³/mol. The van der Waals surface area contributed by atoms with Crippen LogP contribution in [-0.4, -0.2) is 219 Å². The number of amides is 5. The van der Waals surface area contributed by atoms with E-state index in [4.69, 9.17) is 72.7 Å². The van der Waals surface area contributed by atoms with Gasteiger partial charge in [-0.2, -0.15) is 9.78 Å². The first kappa shape index (κ1) is 80.3. The lowest BCUT2D eigenvalue weighted by Crippen LogP contribution is -2.51. The predicted octanol–water partition coefficient (Wildman–Crippen LogP) is 15.6. The van der Waals surface area contributed by atoms with Crippen molar-refractivity contribution < 1.29 is 65.4 Å². The third kappa shape index (κ3) is 19.7. The monoisotopic (exact) mass is 1610 g/mol. The van der Waals surface area contributed by atoms with Crippen molar-refractivity contribution in [1.29, 1.82) is 0 Å². The fourth-order valence-electron chi connectivity index (χ4n) is 14.5. The standard InChI is InChI=1S/2C27H31ClFN5O4.C25H25ClFN7O3/c2*1-33(27(35)34-9-11-37-12-10-34)18-4-6-19(7-5-18)38-25-14-20-23(15-24(25)36-2)30-16-31-26(20)32-17-3-8-22(29)21(28)13-17;1-33(25(35)34-14-28-12-31-34)16-4-6-17(7-5-16)37-23-10-18-21(11-22(23)36-2)29-13-30-24(18)32-15-3-8-20(27)19(26)9-15/h2*3,8,13-16,18-19H,4-7,9-12H2,1-2H3,(H,30,31,32);3,8-14,16-17H,4-7H2,1-2H3,(H,29,30,32). The minimum Gasteiger partial charge on any atom is -0.493 e. The van der Waals surface area contributed by atoms with Gasteiger partial charge < -0.3 is 78.3 Å². The molecule has 5 aliphatic rings. The number of benzene rings is 6. The molecule has 0 unspecified atom stereocenters. The number of methoxy groups -OCH3 is 3. The van der Waals surface area contributed by atoms with E-state index in [-0.39, 0.29) is 69.6 Å². The number of urea groups is 2. The summed E-state index contributed by atoms with van der Waals surface area (Å²) >= 11 is 17.8. The maximum absolute atomic E-state index is 13.6. The number of carbonyl (C=O) groups excluding carboxylic acids is 3. The molecule has 0 radical (unpaired) electrons. The molecule has 5 fully saturated rings. The van der Waals surface area contributed by atoms with Crippen molar-refractivity contribution in [2.45, 2.75) is 113 Å². The summed E-state index contributed by atoms with van der Waals surface area (Å²) in [6.45, 7) is 4.91. The molecule has 34 heteroatoms. The van der Waals surface area contributed by atoms with Crippen molar-refractivity contribution >= 4 is 120 Å². The summed E-state index contributed by atoms with van der Waals surface area (Å²) in [6.07, 6.45) is 16.8. The first-order chi connectivity index (χ1) is 54.8. The summed E-state index contributed by atoms with van der Waals surface area (Å²) < 4.78 is 88.8. The van der Waals surface area contributed by atoms with Gasteiger partial charge in [-0.3, -0.25) is 0 Å².